The molecule has 0 heterocycles. The van der Waals surface area contributed by atoms with Crippen molar-refractivity contribution in [3.63, 3.8) is 0 Å². The lowest BCUT2D eigenvalue weighted by Crippen LogP contribution is -2.37. The summed E-state index contributed by atoms with van der Waals surface area (Å²) in [6.07, 6.45) is 4.50. The molecule has 2 rings (SSSR count). The van der Waals surface area contributed by atoms with Gasteiger partial charge in [0, 0.05) is 23.4 Å². The first-order valence-corrected chi connectivity index (χ1v) is 7.42. The van der Waals surface area contributed by atoms with Gasteiger partial charge in [-0.05, 0) is 50.7 Å². The van der Waals surface area contributed by atoms with E-state index < -0.39 is 0 Å². The van der Waals surface area contributed by atoms with Crippen LogP contribution in [0.4, 0.5) is 5.69 Å². The maximum Gasteiger partial charge on any atom is 0.251 e. The molecule has 0 saturated heterocycles. The van der Waals surface area contributed by atoms with Crippen LogP contribution < -0.4 is 15.8 Å². The van der Waals surface area contributed by atoms with Gasteiger partial charge in [-0.15, -0.1) is 0 Å². The van der Waals surface area contributed by atoms with Crippen molar-refractivity contribution in [3.8, 4) is 5.75 Å². The second-order valence-corrected chi connectivity index (χ2v) is 5.65. The number of nitrogens with two attached hydrogens (primary N) is 1. The smallest absolute Gasteiger partial charge is 0.251 e. The van der Waals surface area contributed by atoms with E-state index in [4.69, 9.17) is 10.5 Å². The van der Waals surface area contributed by atoms with Crippen molar-refractivity contribution in [2.24, 2.45) is 5.92 Å². The maximum absolute atomic E-state index is 12.3. The SMILES string of the molecule is CCOc1cc(N)cc(C(=O)NC2CCC(C)CC2)c1. The number of nitrogens with one attached hydrogen (secondary N) is 1. The van der Waals surface area contributed by atoms with Crippen molar-refractivity contribution >= 4 is 11.6 Å². The van der Waals surface area contributed by atoms with Crippen LogP contribution >= 0.6 is 0 Å². The van der Waals surface area contributed by atoms with Gasteiger partial charge in [-0.3, -0.25) is 4.79 Å². The highest BCUT2D eigenvalue weighted by Crippen LogP contribution is 2.24. The van der Waals surface area contributed by atoms with E-state index in [2.05, 4.69) is 12.2 Å². The van der Waals surface area contributed by atoms with Gasteiger partial charge < -0.3 is 15.8 Å². The van der Waals surface area contributed by atoms with E-state index in [9.17, 15) is 4.79 Å². The lowest BCUT2D eigenvalue weighted by atomic mass is 9.87. The molecule has 1 amide bonds. The zero-order valence-corrected chi connectivity index (χ0v) is 12.3. The number of carbonyl (C=O) groups is 1. The first-order valence-electron chi connectivity index (χ1n) is 7.42. The Labute approximate surface area is 120 Å². The lowest BCUT2D eigenvalue weighted by molar-refractivity contribution is 0.0922. The number of anilines is 1. The Morgan fingerprint density at radius 1 is 1.30 bits per heavy atom. The van der Waals surface area contributed by atoms with Crippen LogP contribution in [-0.2, 0) is 0 Å². The summed E-state index contributed by atoms with van der Waals surface area (Å²) in [6, 6.07) is 5.47. The van der Waals surface area contributed by atoms with Crippen LogP contribution in [0.15, 0.2) is 18.2 Å². The Bertz CT molecular complexity index is 466. The van der Waals surface area contributed by atoms with Gasteiger partial charge in [0.05, 0.1) is 6.61 Å². The summed E-state index contributed by atoms with van der Waals surface area (Å²) in [7, 11) is 0. The molecule has 0 aromatic heterocycles. The quantitative estimate of drug-likeness (QED) is 0.831. The molecule has 4 nitrogen and oxygen atoms in total. The summed E-state index contributed by atoms with van der Waals surface area (Å²) >= 11 is 0. The lowest BCUT2D eigenvalue weighted by Gasteiger charge is -2.27. The number of amides is 1. The third kappa shape index (κ3) is 3.89. The highest BCUT2D eigenvalue weighted by atomic mass is 16.5. The second kappa shape index (κ2) is 6.64. The van der Waals surface area contributed by atoms with E-state index in [0.29, 0.717) is 23.6 Å². The normalized spacial score (nSPS) is 22.3. The fourth-order valence-electron chi connectivity index (χ4n) is 2.68. The molecule has 0 spiro atoms. The van der Waals surface area contributed by atoms with Crippen LogP contribution in [-0.4, -0.2) is 18.6 Å². The molecular weight excluding hydrogens is 252 g/mol. The van der Waals surface area contributed by atoms with E-state index in [0.717, 1.165) is 18.8 Å². The average molecular weight is 276 g/mol. The molecule has 0 radical (unpaired) electrons. The summed E-state index contributed by atoms with van der Waals surface area (Å²) < 4.78 is 5.42. The largest absolute Gasteiger partial charge is 0.494 e. The van der Waals surface area contributed by atoms with E-state index in [-0.39, 0.29) is 11.9 Å². The predicted octanol–water partition coefficient (Wildman–Crippen LogP) is 2.98. The first-order chi connectivity index (χ1) is 9.58. The standard InChI is InChI=1S/C16H24N2O2/c1-3-20-15-9-12(8-13(17)10-15)16(19)18-14-6-4-11(2)5-7-14/h8-11,14H,3-7,17H2,1-2H3,(H,18,19). The predicted molar refractivity (Wildman–Crippen MR) is 80.9 cm³/mol. The zero-order chi connectivity index (χ0) is 14.5. The summed E-state index contributed by atoms with van der Waals surface area (Å²) in [6.45, 7) is 4.74. The summed E-state index contributed by atoms with van der Waals surface area (Å²) in [4.78, 5) is 12.3. The van der Waals surface area contributed by atoms with Gasteiger partial charge in [0.15, 0.2) is 0 Å². The van der Waals surface area contributed by atoms with Gasteiger partial charge in [0.2, 0.25) is 0 Å². The fraction of sp³-hybridized carbons (Fsp3) is 0.562. The minimum atomic E-state index is -0.0576. The topological polar surface area (TPSA) is 64.3 Å². The van der Waals surface area contributed by atoms with Gasteiger partial charge in [-0.25, -0.2) is 0 Å². The molecule has 1 fully saturated rings. The number of hydrogen-bond donors (Lipinski definition) is 2. The molecule has 1 aliphatic rings. The molecular formula is C16H24N2O2. The molecule has 1 aliphatic carbocycles. The van der Waals surface area contributed by atoms with Gasteiger partial charge in [0.25, 0.3) is 5.91 Å². The number of rotatable bonds is 4. The Hall–Kier alpha value is -1.71. The number of carbonyl (C=O) groups excluding carboxylic acids is 1. The number of nitrogen functional groups attached to an aromatic ring is 1. The molecule has 1 aromatic rings. The van der Waals surface area contributed by atoms with Crippen molar-refractivity contribution in [3.05, 3.63) is 23.8 Å². The highest BCUT2D eigenvalue weighted by molar-refractivity contribution is 5.95. The molecule has 0 aliphatic heterocycles. The Morgan fingerprint density at radius 2 is 2.00 bits per heavy atom. The third-order valence-electron chi connectivity index (χ3n) is 3.85. The number of hydrogen-bond acceptors (Lipinski definition) is 3. The Balaban J connectivity index is 2.01. The molecule has 1 saturated carbocycles. The first kappa shape index (κ1) is 14.7. The van der Waals surface area contributed by atoms with Crippen molar-refractivity contribution in [2.75, 3.05) is 12.3 Å². The summed E-state index contributed by atoms with van der Waals surface area (Å²) in [5, 5.41) is 3.10. The van der Waals surface area contributed by atoms with Gasteiger partial charge >= 0.3 is 0 Å². The van der Waals surface area contributed by atoms with Crippen LogP contribution in [0.25, 0.3) is 0 Å². The van der Waals surface area contributed by atoms with Crippen molar-refractivity contribution < 1.29 is 9.53 Å². The summed E-state index contributed by atoms with van der Waals surface area (Å²) in [5.74, 6) is 1.37. The van der Waals surface area contributed by atoms with Crippen LogP contribution in [0.2, 0.25) is 0 Å². The molecule has 0 atom stereocenters. The molecule has 4 heteroatoms. The van der Waals surface area contributed by atoms with Crippen molar-refractivity contribution in [1.29, 1.82) is 0 Å². The monoisotopic (exact) mass is 276 g/mol. The fourth-order valence-corrected chi connectivity index (χ4v) is 2.68. The maximum atomic E-state index is 12.3. The van der Waals surface area contributed by atoms with Crippen molar-refractivity contribution in [1.82, 2.24) is 5.32 Å². The van der Waals surface area contributed by atoms with E-state index in [1.54, 1.807) is 18.2 Å². The Morgan fingerprint density at radius 3 is 2.65 bits per heavy atom. The van der Waals surface area contributed by atoms with Gasteiger partial charge in [-0.2, -0.15) is 0 Å². The molecule has 110 valence electrons. The van der Waals surface area contributed by atoms with Crippen LogP contribution in [0.1, 0.15) is 49.9 Å². The third-order valence-corrected chi connectivity index (χ3v) is 3.85. The Kier molecular flexibility index (Phi) is 4.88. The van der Waals surface area contributed by atoms with Crippen LogP contribution in [0.5, 0.6) is 5.75 Å². The van der Waals surface area contributed by atoms with E-state index in [1.807, 2.05) is 6.92 Å². The van der Waals surface area contributed by atoms with Crippen molar-refractivity contribution in [2.45, 2.75) is 45.6 Å². The van der Waals surface area contributed by atoms with E-state index >= 15 is 0 Å². The molecule has 1 aromatic carbocycles. The summed E-state index contributed by atoms with van der Waals surface area (Å²) in [5.41, 5.74) is 6.95. The molecule has 0 bridgehead atoms. The van der Waals surface area contributed by atoms with E-state index in [1.165, 1.54) is 12.8 Å². The highest BCUT2D eigenvalue weighted by Gasteiger charge is 2.20. The van der Waals surface area contributed by atoms with Gasteiger partial charge in [-0.1, -0.05) is 6.92 Å². The van der Waals surface area contributed by atoms with Crippen LogP contribution in [0, 0.1) is 5.92 Å². The molecule has 3 N–H and O–H groups in total. The van der Waals surface area contributed by atoms with Crippen LogP contribution in [0.3, 0.4) is 0 Å². The zero-order valence-electron chi connectivity index (χ0n) is 12.3. The number of benzene rings is 1. The minimum Gasteiger partial charge on any atom is -0.494 e. The minimum absolute atomic E-state index is 0.0576. The second-order valence-electron chi connectivity index (χ2n) is 5.65. The average Bonchev–Trinajstić information content (AvgIpc) is 2.41. The number of ether oxygens (including phenoxy) is 1. The van der Waals surface area contributed by atoms with Gasteiger partial charge in [0.1, 0.15) is 5.75 Å². The molecule has 0 unspecified atom stereocenters. The molecule has 20 heavy (non-hydrogen) atoms.